The van der Waals surface area contributed by atoms with E-state index in [4.69, 9.17) is 4.98 Å². The van der Waals surface area contributed by atoms with Crippen LogP contribution in [0, 0.1) is 5.92 Å². The van der Waals surface area contributed by atoms with Crippen LogP contribution in [-0.2, 0) is 12.0 Å². The van der Waals surface area contributed by atoms with E-state index in [2.05, 4.69) is 44.9 Å². The lowest BCUT2D eigenvalue weighted by molar-refractivity contribution is -0.131. The maximum absolute atomic E-state index is 10.2. The zero-order valence-corrected chi connectivity index (χ0v) is 12.8. The van der Waals surface area contributed by atoms with E-state index in [-0.39, 0.29) is 5.41 Å². The molecular weight excluding hydrogens is 244 g/mol. The van der Waals surface area contributed by atoms with E-state index in [0.717, 1.165) is 25.3 Å². The third kappa shape index (κ3) is 2.76. The summed E-state index contributed by atoms with van der Waals surface area (Å²) in [6.45, 7) is 13.1. The predicted molar refractivity (Wildman–Crippen MR) is 75.9 cm³/mol. The molecular formula is C14H24N2OS. The van der Waals surface area contributed by atoms with Gasteiger partial charge in [-0.05, 0) is 5.92 Å². The van der Waals surface area contributed by atoms with Crippen LogP contribution in [0.1, 0.15) is 45.3 Å². The number of nitrogens with zero attached hydrogens (tertiary/aromatic N) is 2. The average Bonchev–Trinajstić information content (AvgIpc) is 2.62. The number of hydrogen-bond donors (Lipinski definition) is 1. The monoisotopic (exact) mass is 268 g/mol. The molecule has 3 nitrogen and oxygen atoms in total. The second kappa shape index (κ2) is 4.58. The molecule has 102 valence electrons. The lowest BCUT2D eigenvalue weighted by Crippen LogP contribution is -2.63. The van der Waals surface area contributed by atoms with Crippen LogP contribution in [0.5, 0.6) is 0 Å². The van der Waals surface area contributed by atoms with Gasteiger partial charge >= 0.3 is 0 Å². The van der Waals surface area contributed by atoms with E-state index in [1.54, 1.807) is 11.3 Å². The molecule has 1 aromatic rings. The molecule has 0 atom stereocenters. The largest absolute Gasteiger partial charge is 0.387 e. The first-order chi connectivity index (χ1) is 8.21. The van der Waals surface area contributed by atoms with Crippen molar-refractivity contribution in [3.05, 3.63) is 16.1 Å². The van der Waals surface area contributed by atoms with Crippen LogP contribution in [0.15, 0.2) is 5.38 Å². The van der Waals surface area contributed by atoms with E-state index in [1.165, 1.54) is 5.01 Å². The van der Waals surface area contributed by atoms with Gasteiger partial charge in [0.05, 0.1) is 16.3 Å². The number of β-amino-alcohol motifs (C(OH)–C–C–N with tert-alkyl or cyclic N) is 1. The highest BCUT2D eigenvalue weighted by molar-refractivity contribution is 7.09. The van der Waals surface area contributed by atoms with Crippen LogP contribution in [0.4, 0.5) is 0 Å². The first-order valence-corrected chi connectivity index (χ1v) is 7.48. The van der Waals surface area contributed by atoms with E-state index >= 15 is 0 Å². The fourth-order valence-corrected chi connectivity index (χ4v) is 3.06. The molecule has 0 bridgehead atoms. The summed E-state index contributed by atoms with van der Waals surface area (Å²) in [6.07, 6.45) is 0. The molecule has 0 aromatic carbocycles. The van der Waals surface area contributed by atoms with Crippen molar-refractivity contribution >= 4 is 11.3 Å². The number of hydrogen-bond acceptors (Lipinski definition) is 4. The van der Waals surface area contributed by atoms with Crippen molar-refractivity contribution in [3.63, 3.8) is 0 Å². The molecule has 1 aliphatic rings. The Bertz CT molecular complexity index is 414. The van der Waals surface area contributed by atoms with Crippen molar-refractivity contribution in [2.45, 2.75) is 52.2 Å². The predicted octanol–water partition coefficient (Wildman–Crippen LogP) is 2.64. The van der Waals surface area contributed by atoms with Crippen molar-refractivity contribution in [2.75, 3.05) is 13.1 Å². The molecule has 1 saturated heterocycles. The fourth-order valence-electron chi connectivity index (χ4n) is 2.16. The second-order valence-electron chi connectivity index (χ2n) is 6.80. The van der Waals surface area contributed by atoms with Crippen LogP contribution in [0.3, 0.4) is 0 Å². The minimum Gasteiger partial charge on any atom is -0.387 e. The Labute approximate surface area is 114 Å². The van der Waals surface area contributed by atoms with Crippen LogP contribution in [0.2, 0.25) is 0 Å². The van der Waals surface area contributed by atoms with Gasteiger partial charge in [-0.2, -0.15) is 0 Å². The molecule has 0 saturated carbocycles. The quantitative estimate of drug-likeness (QED) is 0.915. The molecule has 1 fully saturated rings. The van der Waals surface area contributed by atoms with Crippen molar-refractivity contribution in [3.8, 4) is 0 Å². The molecule has 18 heavy (non-hydrogen) atoms. The summed E-state index contributed by atoms with van der Waals surface area (Å²) in [5, 5.41) is 13.5. The van der Waals surface area contributed by atoms with Crippen LogP contribution in [0.25, 0.3) is 0 Å². The Kier molecular flexibility index (Phi) is 3.56. The van der Waals surface area contributed by atoms with Crippen LogP contribution in [-0.4, -0.2) is 33.7 Å². The normalized spacial score (nSPS) is 20.2. The Hall–Kier alpha value is -0.450. The summed E-state index contributed by atoms with van der Waals surface area (Å²) in [5.74, 6) is 0.328. The Morgan fingerprint density at radius 1 is 1.44 bits per heavy atom. The van der Waals surface area contributed by atoms with Gasteiger partial charge in [0.1, 0.15) is 0 Å². The minimum absolute atomic E-state index is 0.135. The van der Waals surface area contributed by atoms with Crippen LogP contribution >= 0.6 is 11.3 Å². The molecule has 2 rings (SSSR count). The number of thiazole rings is 1. The maximum atomic E-state index is 10.2. The van der Waals surface area contributed by atoms with Crippen LogP contribution < -0.4 is 0 Å². The molecule has 1 N–H and O–H groups in total. The topological polar surface area (TPSA) is 36.4 Å². The maximum Gasteiger partial charge on any atom is 0.0982 e. The van der Waals surface area contributed by atoms with E-state index in [0.29, 0.717) is 5.92 Å². The molecule has 2 heterocycles. The molecule has 0 unspecified atom stereocenters. The zero-order chi connectivity index (χ0) is 13.6. The average molecular weight is 268 g/mol. The molecule has 0 radical (unpaired) electrons. The third-order valence-electron chi connectivity index (χ3n) is 3.65. The van der Waals surface area contributed by atoms with Crippen molar-refractivity contribution < 1.29 is 5.11 Å². The summed E-state index contributed by atoms with van der Waals surface area (Å²) in [7, 11) is 0. The lowest BCUT2D eigenvalue weighted by Gasteiger charge is -2.49. The van der Waals surface area contributed by atoms with Gasteiger partial charge in [-0.15, -0.1) is 11.3 Å². The van der Waals surface area contributed by atoms with Gasteiger partial charge in [-0.3, -0.25) is 4.90 Å². The Morgan fingerprint density at radius 3 is 2.50 bits per heavy atom. The van der Waals surface area contributed by atoms with Gasteiger partial charge < -0.3 is 5.11 Å². The van der Waals surface area contributed by atoms with Gasteiger partial charge in [0.2, 0.25) is 0 Å². The second-order valence-corrected chi connectivity index (χ2v) is 7.66. The summed E-state index contributed by atoms with van der Waals surface area (Å²) in [5.41, 5.74) is 0.787. The Balaban J connectivity index is 1.91. The molecule has 4 heteroatoms. The summed E-state index contributed by atoms with van der Waals surface area (Å²) in [4.78, 5) is 6.96. The van der Waals surface area contributed by atoms with E-state index in [1.807, 2.05) is 0 Å². The highest BCUT2D eigenvalue weighted by Gasteiger charge is 2.43. The van der Waals surface area contributed by atoms with E-state index < -0.39 is 5.60 Å². The van der Waals surface area contributed by atoms with Gasteiger partial charge in [0.15, 0.2) is 0 Å². The molecule has 0 spiro atoms. The summed E-state index contributed by atoms with van der Waals surface area (Å²) < 4.78 is 0. The van der Waals surface area contributed by atoms with Gasteiger partial charge in [0.25, 0.3) is 0 Å². The fraction of sp³-hybridized carbons (Fsp3) is 0.786. The number of likely N-dealkylation sites (tertiary alicyclic amines) is 1. The number of rotatable bonds is 3. The lowest BCUT2D eigenvalue weighted by atomic mass is 9.83. The molecule has 0 amide bonds. The van der Waals surface area contributed by atoms with Crippen molar-refractivity contribution in [1.29, 1.82) is 0 Å². The molecule has 1 aromatic heterocycles. The Morgan fingerprint density at radius 2 is 2.06 bits per heavy atom. The first-order valence-electron chi connectivity index (χ1n) is 6.60. The van der Waals surface area contributed by atoms with Crippen molar-refractivity contribution in [2.24, 2.45) is 5.92 Å². The molecule has 0 aliphatic carbocycles. The highest BCUT2D eigenvalue weighted by Crippen LogP contribution is 2.31. The molecule has 1 aliphatic heterocycles. The van der Waals surface area contributed by atoms with Gasteiger partial charge in [-0.25, -0.2) is 4.98 Å². The zero-order valence-electron chi connectivity index (χ0n) is 12.0. The van der Waals surface area contributed by atoms with Gasteiger partial charge in [0, 0.05) is 30.4 Å². The standard InChI is InChI=1S/C14H24N2OS/c1-10(2)14(17)8-16(9-14)6-11-7-18-12(15-11)13(3,4)5/h7,10,17H,6,8-9H2,1-5H3. The third-order valence-corrected chi connectivity index (χ3v) is 4.97. The smallest absolute Gasteiger partial charge is 0.0982 e. The number of aromatic nitrogens is 1. The van der Waals surface area contributed by atoms with E-state index in [9.17, 15) is 5.11 Å². The SMILES string of the molecule is CC(C)C1(O)CN(Cc2csc(C(C)(C)C)n2)C1. The summed E-state index contributed by atoms with van der Waals surface area (Å²) >= 11 is 1.74. The van der Waals surface area contributed by atoms with Crippen molar-refractivity contribution in [1.82, 2.24) is 9.88 Å². The number of aliphatic hydroxyl groups is 1. The summed E-state index contributed by atoms with van der Waals surface area (Å²) in [6, 6.07) is 0. The highest BCUT2D eigenvalue weighted by atomic mass is 32.1. The first kappa shape index (κ1) is 14.0. The minimum atomic E-state index is -0.483. The van der Waals surface area contributed by atoms with Gasteiger partial charge in [-0.1, -0.05) is 34.6 Å².